The number of carbonyl (C=O) groups excluding carboxylic acids is 1. The van der Waals surface area contributed by atoms with Crippen LogP contribution in [0.25, 0.3) is 0 Å². The van der Waals surface area contributed by atoms with Crippen molar-refractivity contribution in [1.29, 1.82) is 0 Å². The van der Waals surface area contributed by atoms with Crippen LogP contribution in [0.1, 0.15) is 53.9 Å². The number of hydrogen-bond donors (Lipinski definition) is 1. The molecule has 1 aromatic carbocycles. The largest absolute Gasteiger partial charge is 0.489 e. The molecule has 0 radical (unpaired) electrons. The van der Waals surface area contributed by atoms with Crippen molar-refractivity contribution in [2.75, 3.05) is 0 Å². The molecule has 0 unspecified atom stereocenters. The molecule has 1 amide bonds. The van der Waals surface area contributed by atoms with Crippen molar-refractivity contribution in [2.24, 2.45) is 0 Å². The van der Waals surface area contributed by atoms with Gasteiger partial charge in [0.25, 0.3) is 5.91 Å². The molecule has 1 N–H and O–H groups in total. The first-order valence-electron chi connectivity index (χ1n) is 8.28. The quantitative estimate of drug-likeness (QED) is 0.905. The van der Waals surface area contributed by atoms with E-state index in [1.165, 1.54) is 18.6 Å². The van der Waals surface area contributed by atoms with Crippen molar-refractivity contribution in [3.63, 3.8) is 0 Å². The topological polar surface area (TPSA) is 64.4 Å². The summed E-state index contributed by atoms with van der Waals surface area (Å²) in [5.74, 6) is 0.316. The van der Waals surface area contributed by atoms with Crippen LogP contribution in [0.2, 0.25) is 0 Å². The van der Waals surface area contributed by atoms with Gasteiger partial charge >= 0.3 is 0 Å². The van der Waals surface area contributed by atoms with Gasteiger partial charge in [0.1, 0.15) is 23.9 Å². The van der Waals surface area contributed by atoms with Gasteiger partial charge in [0.05, 0.1) is 5.56 Å². The van der Waals surface area contributed by atoms with Crippen LogP contribution in [0.3, 0.4) is 0 Å². The molecule has 2 aromatic rings. The predicted molar refractivity (Wildman–Crippen MR) is 86.3 cm³/mol. The highest BCUT2D eigenvalue weighted by molar-refractivity contribution is 5.94. The van der Waals surface area contributed by atoms with E-state index >= 15 is 0 Å². The number of halogens is 1. The summed E-state index contributed by atoms with van der Waals surface area (Å²) in [5.41, 5.74) is 0.835. The Morgan fingerprint density at radius 1 is 1.38 bits per heavy atom. The monoisotopic (exact) mass is 332 g/mol. The van der Waals surface area contributed by atoms with E-state index < -0.39 is 0 Å². The Balaban J connectivity index is 1.67. The second-order valence-electron chi connectivity index (χ2n) is 6.12. The van der Waals surface area contributed by atoms with Gasteiger partial charge in [0.2, 0.25) is 0 Å². The molecule has 128 valence electrons. The molecule has 1 aliphatic carbocycles. The minimum absolute atomic E-state index is 0.103. The molecule has 1 heterocycles. The maximum absolute atomic E-state index is 13.2. The summed E-state index contributed by atoms with van der Waals surface area (Å²) in [6.45, 7) is 1.83. The van der Waals surface area contributed by atoms with Crippen LogP contribution in [0, 0.1) is 12.7 Å². The van der Waals surface area contributed by atoms with Crippen LogP contribution < -0.4 is 10.1 Å². The first-order chi connectivity index (χ1) is 11.6. The highest BCUT2D eigenvalue weighted by atomic mass is 19.1. The average molecular weight is 332 g/mol. The number of aryl methyl sites for hydroxylation is 1. The van der Waals surface area contributed by atoms with Gasteiger partial charge in [-0.2, -0.15) is 0 Å². The van der Waals surface area contributed by atoms with E-state index in [9.17, 15) is 9.18 Å². The first-order valence-corrected chi connectivity index (χ1v) is 8.28. The van der Waals surface area contributed by atoms with Crippen LogP contribution in [0.4, 0.5) is 4.39 Å². The number of benzene rings is 1. The average Bonchev–Trinajstić information content (AvgIpc) is 2.95. The van der Waals surface area contributed by atoms with Gasteiger partial charge in [-0.25, -0.2) is 4.39 Å². The standard InChI is InChI=1S/C18H21FN2O3/c1-12-16(11-23-15-9-5-6-13(19)10-15)17(21-24-12)18(22)20-14-7-3-2-4-8-14/h5-6,9-10,14H,2-4,7-8,11H2,1H3,(H,20,22). The molecule has 1 fully saturated rings. The first kappa shape index (κ1) is 16.5. The molecule has 1 aromatic heterocycles. The molecule has 0 spiro atoms. The number of ether oxygens (including phenoxy) is 1. The molecule has 6 heteroatoms. The third-order valence-electron chi connectivity index (χ3n) is 4.32. The van der Waals surface area contributed by atoms with Gasteiger partial charge in [-0.15, -0.1) is 0 Å². The summed E-state index contributed by atoms with van der Waals surface area (Å²) in [6, 6.07) is 6.07. The summed E-state index contributed by atoms with van der Waals surface area (Å²) >= 11 is 0. The Hall–Kier alpha value is -2.37. The van der Waals surface area contributed by atoms with Crippen LogP contribution in [-0.2, 0) is 6.61 Å². The Bertz CT molecular complexity index is 708. The van der Waals surface area contributed by atoms with E-state index in [0.29, 0.717) is 17.1 Å². The van der Waals surface area contributed by atoms with Crippen molar-refractivity contribution >= 4 is 5.91 Å². The number of rotatable bonds is 5. The van der Waals surface area contributed by atoms with Crippen molar-refractivity contribution in [1.82, 2.24) is 10.5 Å². The molecule has 5 nitrogen and oxygen atoms in total. The number of carbonyl (C=O) groups is 1. The fourth-order valence-electron chi connectivity index (χ4n) is 2.95. The molecular weight excluding hydrogens is 311 g/mol. The Labute approximate surface area is 140 Å². The highest BCUT2D eigenvalue weighted by Gasteiger charge is 2.23. The normalized spacial score (nSPS) is 15.2. The minimum atomic E-state index is -0.371. The molecule has 0 atom stereocenters. The number of hydrogen-bond acceptors (Lipinski definition) is 4. The van der Waals surface area contributed by atoms with Gasteiger partial charge in [0, 0.05) is 12.1 Å². The SMILES string of the molecule is Cc1onc(C(=O)NC2CCCCC2)c1COc1cccc(F)c1. The zero-order chi connectivity index (χ0) is 16.9. The molecular formula is C18H21FN2O3. The van der Waals surface area contributed by atoms with Crippen molar-refractivity contribution in [2.45, 2.75) is 51.7 Å². The number of nitrogens with one attached hydrogen (secondary N) is 1. The van der Waals surface area contributed by atoms with E-state index in [1.54, 1.807) is 19.1 Å². The molecule has 1 aliphatic rings. The fourth-order valence-corrected chi connectivity index (χ4v) is 2.95. The second-order valence-corrected chi connectivity index (χ2v) is 6.12. The summed E-state index contributed by atoms with van der Waals surface area (Å²) in [6.07, 6.45) is 5.49. The third kappa shape index (κ3) is 3.93. The van der Waals surface area contributed by atoms with E-state index in [-0.39, 0.29) is 30.1 Å². The Morgan fingerprint density at radius 3 is 2.92 bits per heavy atom. The molecule has 3 rings (SSSR count). The van der Waals surface area contributed by atoms with Crippen LogP contribution >= 0.6 is 0 Å². The third-order valence-corrected chi connectivity index (χ3v) is 4.32. The molecule has 0 bridgehead atoms. The highest BCUT2D eigenvalue weighted by Crippen LogP contribution is 2.21. The number of aromatic nitrogens is 1. The molecule has 0 saturated heterocycles. The fraction of sp³-hybridized carbons (Fsp3) is 0.444. The van der Waals surface area contributed by atoms with E-state index in [4.69, 9.17) is 9.26 Å². The zero-order valence-electron chi connectivity index (χ0n) is 13.7. The lowest BCUT2D eigenvalue weighted by atomic mass is 9.95. The minimum Gasteiger partial charge on any atom is -0.489 e. The van der Waals surface area contributed by atoms with Gasteiger partial charge in [-0.3, -0.25) is 4.79 Å². The van der Waals surface area contributed by atoms with Crippen LogP contribution in [0.5, 0.6) is 5.75 Å². The van der Waals surface area contributed by atoms with Crippen molar-refractivity contribution in [3.8, 4) is 5.75 Å². The maximum atomic E-state index is 13.2. The molecule has 0 aliphatic heterocycles. The van der Waals surface area contributed by atoms with E-state index in [0.717, 1.165) is 25.7 Å². The lowest BCUT2D eigenvalue weighted by Crippen LogP contribution is -2.36. The summed E-state index contributed by atoms with van der Waals surface area (Å²) in [5, 5.41) is 6.89. The maximum Gasteiger partial charge on any atom is 0.274 e. The Kier molecular flexibility index (Phi) is 5.13. The van der Waals surface area contributed by atoms with Gasteiger partial charge in [-0.05, 0) is 31.9 Å². The van der Waals surface area contributed by atoms with Gasteiger partial charge in [-0.1, -0.05) is 30.5 Å². The van der Waals surface area contributed by atoms with E-state index in [1.807, 2.05) is 0 Å². The lowest BCUT2D eigenvalue weighted by molar-refractivity contribution is 0.0916. The van der Waals surface area contributed by atoms with Gasteiger partial charge < -0.3 is 14.6 Å². The van der Waals surface area contributed by atoms with Crippen LogP contribution in [-0.4, -0.2) is 17.1 Å². The van der Waals surface area contributed by atoms with Crippen molar-refractivity contribution < 1.29 is 18.4 Å². The zero-order valence-corrected chi connectivity index (χ0v) is 13.7. The number of nitrogens with zero attached hydrogens (tertiary/aromatic N) is 1. The Morgan fingerprint density at radius 2 is 2.17 bits per heavy atom. The van der Waals surface area contributed by atoms with Crippen LogP contribution in [0.15, 0.2) is 28.8 Å². The smallest absolute Gasteiger partial charge is 0.274 e. The number of amides is 1. The predicted octanol–water partition coefficient (Wildman–Crippen LogP) is 3.76. The van der Waals surface area contributed by atoms with E-state index in [2.05, 4.69) is 10.5 Å². The summed E-state index contributed by atoms with van der Waals surface area (Å²) < 4.78 is 23.9. The summed E-state index contributed by atoms with van der Waals surface area (Å²) in [4.78, 5) is 12.5. The second kappa shape index (κ2) is 7.47. The lowest BCUT2D eigenvalue weighted by Gasteiger charge is -2.22. The van der Waals surface area contributed by atoms with Crippen molar-refractivity contribution in [3.05, 3.63) is 47.1 Å². The molecule has 1 saturated carbocycles. The summed E-state index contributed by atoms with van der Waals surface area (Å²) in [7, 11) is 0. The molecule has 24 heavy (non-hydrogen) atoms. The van der Waals surface area contributed by atoms with Gasteiger partial charge in [0.15, 0.2) is 5.69 Å².